The van der Waals surface area contributed by atoms with Crippen LogP contribution < -0.4 is 5.32 Å². The van der Waals surface area contributed by atoms with E-state index in [2.05, 4.69) is 10.1 Å². The highest BCUT2D eigenvalue weighted by atomic mass is 16.5. The standard InChI is InChI=1S/C7H13NO3/c1-5(4-9)6(2)8-7(10)11-3/h4-6H,1-3H3,(H,8,10). The van der Waals surface area contributed by atoms with Crippen LogP contribution in [0, 0.1) is 5.92 Å². The Balaban J connectivity index is 3.76. The second-order valence-electron chi connectivity index (χ2n) is 2.42. The maximum atomic E-state index is 10.6. The van der Waals surface area contributed by atoms with Crippen LogP contribution in [0.3, 0.4) is 0 Å². The van der Waals surface area contributed by atoms with Crippen LogP contribution in [-0.2, 0) is 9.53 Å². The summed E-state index contributed by atoms with van der Waals surface area (Å²) in [5, 5.41) is 2.49. The number of alkyl carbamates (subject to hydrolysis) is 1. The Hall–Kier alpha value is -1.06. The highest BCUT2D eigenvalue weighted by Crippen LogP contribution is 1.97. The predicted molar refractivity (Wildman–Crippen MR) is 40.2 cm³/mol. The number of hydrogen-bond acceptors (Lipinski definition) is 3. The molecule has 0 aliphatic heterocycles. The quantitative estimate of drug-likeness (QED) is 0.612. The van der Waals surface area contributed by atoms with Crippen molar-refractivity contribution in [2.75, 3.05) is 7.11 Å². The summed E-state index contributed by atoms with van der Waals surface area (Å²) < 4.78 is 4.35. The van der Waals surface area contributed by atoms with Crippen molar-refractivity contribution in [2.24, 2.45) is 5.92 Å². The first-order valence-electron chi connectivity index (χ1n) is 3.41. The molecule has 0 fully saturated rings. The SMILES string of the molecule is COC(=O)NC(C)C(C)C=O. The number of amides is 1. The maximum absolute atomic E-state index is 10.6. The summed E-state index contributed by atoms with van der Waals surface area (Å²) in [7, 11) is 1.29. The van der Waals surface area contributed by atoms with Gasteiger partial charge >= 0.3 is 6.09 Å². The zero-order valence-electron chi connectivity index (χ0n) is 6.96. The van der Waals surface area contributed by atoms with Gasteiger partial charge in [0.25, 0.3) is 0 Å². The van der Waals surface area contributed by atoms with Gasteiger partial charge in [-0.15, -0.1) is 0 Å². The molecule has 4 heteroatoms. The van der Waals surface area contributed by atoms with E-state index in [1.165, 1.54) is 7.11 Å². The molecule has 0 aliphatic rings. The largest absolute Gasteiger partial charge is 0.453 e. The van der Waals surface area contributed by atoms with E-state index in [0.717, 1.165) is 6.29 Å². The highest BCUT2D eigenvalue weighted by molar-refractivity contribution is 5.68. The smallest absolute Gasteiger partial charge is 0.407 e. The van der Waals surface area contributed by atoms with E-state index >= 15 is 0 Å². The van der Waals surface area contributed by atoms with E-state index in [-0.39, 0.29) is 12.0 Å². The minimum atomic E-state index is -0.508. The lowest BCUT2D eigenvalue weighted by Gasteiger charge is -2.14. The fraction of sp³-hybridized carbons (Fsp3) is 0.714. The van der Waals surface area contributed by atoms with Crippen LogP contribution in [-0.4, -0.2) is 25.5 Å². The summed E-state index contributed by atoms with van der Waals surface area (Å²) in [5.41, 5.74) is 0. The van der Waals surface area contributed by atoms with Crippen LogP contribution in [0.15, 0.2) is 0 Å². The third-order valence-corrected chi connectivity index (χ3v) is 1.53. The Kier molecular flexibility index (Phi) is 4.26. The molecule has 2 unspecified atom stereocenters. The third-order valence-electron chi connectivity index (χ3n) is 1.53. The van der Waals surface area contributed by atoms with Crippen LogP contribution in [0.25, 0.3) is 0 Å². The van der Waals surface area contributed by atoms with E-state index in [4.69, 9.17) is 0 Å². The first kappa shape index (κ1) is 9.94. The first-order valence-corrected chi connectivity index (χ1v) is 3.41. The number of rotatable bonds is 3. The van der Waals surface area contributed by atoms with Gasteiger partial charge in [-0.3, -0.25) is 0 Å². The lowest BCUT2D eigenvalue weighted by Crippen LogP contribution is -2.37. The second-order valence-corrected chi connectivity index (χ2v) is 2.42. The highest BCUT2D eigenvalue weighted by Gasteiger charge is 2.13. The minimum absolute atomic E-state index is 0.181. The van der Waals surface area contributed by atoms with E-state index in [0.29, 0.717) is 0 Å². The molecule has 0 saturated heterocycles. The number of aldehydes is 1. The summed E-state index contributed by atoms with van der Waals surface area (Å²) in [4.78, 5) is 20.8. The monoisotopic (exact) mass is 159 g/mol. The molecule has 0 rings (SSSR count). The van der Waals surface area contributed by atoms with Gasteiger partial charge in [0.05, 0.1) is 7.11 Å². The van der Waals surface area contributed by atoms with E-state index < -0.39 is 6.09 Å². The zero-order valence-corrected chi connectivity index (χ0v) is 6.96. The zero-order chi connectivity index (χ0) is 8.85. The van der Waals surface area contributed by atoms with E-state index in [1.807, 2.05) is 0 Å². The van der Waals surface area contributed by atoms with Crippen LogP contribution in [0.2, 0.25) is 0 Å². The lowest BCUT2D eigenvalue weighted by molar-refractivity contribution is -0.111. The van der Waals surface area contributed by atoms with Gasteiger partial charge < -0.3 is 14.8 Å². The molecule has 0 aromatic rings. The summed E-state index contributed by atoms with van der Waals surface area (Å²) in [6.45, 7) is 3.48. The van der Waals surface area contributed by atoms with Crippen molar-refractivity contribution < 1.29 is 14.3 Å². The molecular weight excluding hydrogens is 146 g/mol. The van der Waals surface area contributed by atoms with Crippen molar-refractivity contribution in [1.29, 1.82) is 0 Å². The molecule has 0 radical (unpaired) electrons. The van der Waals surface area contributed by atoms with Crippen molar-refractivity contribution in [1.82, 2.24) is 5.32 Å². The second kappa shape index (κ2) is 4.71. The average molecular weight is 159 g/mol. The molecule has 0 saturated carbocycles. The Bertz CT molecular complexity index is 147. The molecule has 1 amide bonds. The van der Waals surface area contributed by atoms with Crippen molar-refractivity contribution in [3.63, 3.8) is 0 Å². The lowest BCUT2D eigenvalue weighted by atomic mass is 10.1. The Labute approximate surface area is 65.9 Å². The van der Waals surface area contributed by atoms with Gasteiger partial charge in [0, 0.05) is 12.0 Å². The van der Waals surface area contributed by atoms with Crippen molar-refractivity contribution in [2.45, 2.75) is 19.9 Å². The predicted octanol–water partition coefficient (Wildman–Crippen LogP) is 0.566. The molecule has 0 aromatic heterocycles. The Morgan fingerprint density at radius 1 is 1.55 bits per heavy atom. The molecular formula is C7H13NO3. The van der Waals surface area contributed by atoms with Gasteiger partial charge in [-0.25, -0.2) is 4.79 Å². The summed E-state index contributed by atoms with van der Waals surface area (Å²) in [6, 6.07) is -0.181. The summed E-state index contributed by atoms with van der Waals surface area (Å²) in [5.74, 6) is -0.186. The number of nitrogens with one attached hydrogen (secondary N) is 1. The Morgan fingerprint density at radius 3 is 2.45 bits per heavy atom. The topological polar surface area (TPSA) is 55.4 Å². The third kappa shape index (κ3) is 3.60. The maximum Gasteiger partial charge on any atom is 0.407 e. The van der Waals surface area contributed by atoms with Gasteiger partial charge in [0.1, 0.15) is 6.29 Å². The fourth-order valence-electron chi connectivity index (χ4n) is 0.494. The van der Waals surface area contributed by atoms with E-state index in [9.17, 15) is 9.59 Å². The molecule has 4 nitrogen and oxygen atoms in total. The van der Waals surface area contributed by atoms with E-state index in [1.54, 1.807) is 13.8 Å². The number of ether oxygens (including phenoxy) is 1. The van der Waals surface area contributed by atoms with Gasteiger partial charge in [-0.1, -0.05) is 6.92 Å². The summed E-state index contributed by atoms with van der Waals surface area (Å²) >= 11 is 0. The molecule has 0 aromatic carbocycles. The molecule has 0 aliphatic carbocycles. The molecule has 64 valence electrons. The number of carbonyl (C=O) groups is 2. The molecule has 0 spiro atoms. The first-order chi connectivity index (χ1) is 5.11. The van der Waals surface area contributed by atoms with Gasteiger partial charge in [0.2, 0.25) is 0 Å². The molecule has 0 heterocycles. The van der Waals surface area contributed by atoms with Gasteiger partial charge in [-0.05, 0) is 6.92 Å². The Morgan fingerprint density at radius 2 is 2.09 bits per heavy atom. The summed E-state index contributed by atoms with van der Waals surface area (Å²) in [6.07, 6.45) is 0.284. The van der Waals surface area contributed by atoms with Crippen molar-refractivity contribution in [3.8, 4) is 0 Å². The number of methoxy groups -OCH3 is 1. The molecule has 1 N–H and O–H groups in total. The van der Waals surface area contributed by atoms with Gasteiger partial charge in [0.15, 0.2) is 0 Å². The van der Waals surface area contributed by atoms with Crippen LogP contribution in [0.5, 0.6) is 0 Å². The number of carbonyl (C=O) groups excluding carboxylic acids is 2. The van der Waals surface area contributed by atoms with Crippen LogP contribution in [0.4, 0.5) is 4.79 Å². The average Bonchev–Trinajstić information content (AvgIpc) is 2.02. The molecule has 2 atom stereocenters. The fourth-order valence-corrected chi connectivity index (χ4v) is 0.494. The molecule has 0 bridgehead atoms. The van der Waals surface area contributed by atoms with Gasteiger partial charge in [-0.2, -0.15) is 0 Å². The van der Waals surface area contributed by atoms with Crippen molar-refractivity contribution >= 4 is 12.4 Å². The minimum Gasteiger partial charge on any atom is -0.453 e. The molecule has 11 heavy (non-hydrogen) atoms. The number of hydrogen-bond donors (Lipinski definition) is 1. The van der Waals surface area contributed by atoms with Crippen LogP contribution in [0.1, 0.15) is 13.8 Å². The normalized spacial score (nSPS) is 14.8. The van der Waals surface area contributed by atoms with Crippen LogP contribution >= 0.6 is 0 Å². The van der Waals surface area contributed by atoms with Crippen molar-refractivity contribution in [3.05, 3.63) is 0 Å².